The number of hydrogen-bond donors (Lipinski definition) is 2. The van der Waals surface area contributed by atoms with Crippen LogP contribution in [0.4, 0.5) is 0 Å². The van der Waals surface area contributed by atoms with Gasteiger partial charge in [-0.2, -0.15) is 12.6 Å². The van der Waals surface area contributed by atoms with E-state index in [4.69, 9.17) is 0 Å². The quantitative estimate of drug-likeness (QED) is 0.426. The Hall–Kier alpha value is 0.290. The minimum absolute atomic E-state index is 0.472. The Kier molecular flexibility index (Phi) is 6.85. The van der Waals surface area contributed by atoms with Crippen LogP contribution in [-0.2, 0) is 14.6 Å². The van der Waals surface area contributed by atoms with E-state index in [1.54, 1.807) is 6.92 Å². The van der Waals surface area contributed by atoms with Crippen LogP contribution >= 0.6 is 12.6 Å². The van der Waals surface area contributed by atoms with Crippen LogP contribution < -0.4 is 0 Å². The fraction of sp³-hybridized carbons (Fsp3) is 0.875. The van der Waals surface area contributed by atoms with Crippen molar-refractivity contribution >= 4 is 27.3 Å². The Morgan fingerprint density at radius 2 is 1.92 bits per heavy atom. The van der Waals surface area contributed by atoms with Crippen molar-refractivity contribution in [1.82, 2.24) is 4.90 Å². The lowest BCUT2D eigenvalue weighted by Crippen LogP contribution is -2.30. The van der Waals surface area contributed by atoms with Crippen LogP contribution in [0, 0.1) is 0 Å². The van der Waals surface area contributed by atoms with Gasteiger partial charge in [0.25, 0.3) is 0 Å². The lowest BCUT2D eigenvalue weighted by molar-refractivity contribution is 0.253. The first-order valence-electron chi connectivity index (χ1n) is 4.47. The van der Waals surface area contributed by atoms with E-state index >= 15 is 0 Å². The lowest BCUT2D eigenvalue weighted by Gasteiger charge is -2.25. The molecule has 0 radical (unpaired) electrons. The maximum atomic E-state index is 11.5. The molecule has 0 fully saturated rings. The normalized spacial score (nSPS) is 17.2. The fourth-order valence-corrected chi connectivity index (χ4v) is 2.60. The first kappa shape index (κ1) is 13.3. The molecule has 0 aliphatic rings. The summed E-state index contributed by atoms with van der Waals surface area (Å²) in [5.74, 6) is 0. The molecule has 0 heterocycles. The third-order valence-corrected chi connectivity index (χ3v) is 4.08. The van der Waals surface area contributed by atoms with Gasteiger partial charge in [-0.05, 0) is 23.8 Å². The molecule has 3 nitrogen and oxygen atoms in total. The minimum Gasteiger partial charge on any atom is -0.457 e. The molecule has 0 aliphatic carbocycles. The van der Waals surface area contributed by atoms with Crippen LogP contribution in [-0.4, -0.2) is 32.9 Å². The summed E-state index contributed by atoms with van der Waals surface area (Å²) in [6.07, 6.45) is 0.484. The molecule has 1 N–H and O–H groups in total. The zero-order valence-corrected chi connectivity index (χ0v) is 10.1. The molecule has 1 unspecified atom stereocenters. The van der Waals surface area contributed by atoms with Gasteiger partial charge >= 0.3 is 0 Å². The minimum atomic E-state index is -1.38. The van der Waals surface area contributed by atoms with Gasteiger partial charge in [0.15, 0.2) is 0 Å². The highest BCUT2D eigenvalue weighted by Crippen LogP contribution is 2.01. The third-order valence-electron chi connectivity index (χ3n) is 1.81. The SMILES string of the molecule is CCC(O)/[S-](=O)=C(/S)N(CC)CC. The average molecular weight is 224 g/mol. The molecule has 0 saturated heterocycles. The predicted octanol–water partition coefficient (Wildman–Crippen LogP) is 1.04. The van der Waals surface area contributed by atoms with Gasteiger partial charge in [0, 0.05) is 5.44 Å². The summed E-state index contributed by atoms with van der Waals surface area (Å²) in [5, 5.41) is 9.34. The Morgan fingerprint density at radius 3 is 2.23 bits per heavy atom. The predicted molar refractivity (Wildman–Crippen MR) is 61.3 cm³/mol. The van der Waals surface area contributed by atoms with Crippen LogP contribution in [0.5, 0.6) is 0 Å². The summed E-state index contributed by atoms with van der Waals surface area (Å²) in [4.78, 5) is 1.87. The number of aliphatic hydroxyl groups excluding tert-OH is 1. The van der Waals surface area contributed by atoms with Crippen molar-refractivity contribution in [1.29, 1.82) is 0 Å². The Balaban J connectivity index is 4.68. The van der Waals surface area contributed by atoms with Gasteiger partial charge in [0.1, 0.15) is 0 Å². The summed E-state index contributed by atoms with van der Waals surface area (Å²) in [5.41, 5.74) is -0.798. The van der Waals surface area contributed by atoms with Crippen LogP contribution in [0.15, 0.2) is 0 Å². The number of thiol groups is 1. The second-order valence-corrected chi connectivity index (χ2v) is 4.87. The molecule has 0 amide bonds. The Labute approximate surface area is 87.6 Å². The van der Waals surface area contributed by atoms with E-state index in [1.165, 1.54) is 0 Å². The van der Waals surface area contributed by atoms with E-state index in [1.807, 2.05) is 18.7 Å². The number of rotatable bonds is 4. The molecule has 0 bridgehead atoms. The lowest BCUT2D eigenvalue weighted by atomic mass is 10.5. The Bertz CT molecular complexity index is 220. The highest BCUT2D eigenvalue weighted by molar-refractivity contribution is 8.12. The van der Waals surface area contributed by atoms with Crippen LogP contribution in [0.1, 0.15) is 27.2 Å². The van der Waals surface area contributed by atoms with Crippen molar-refractivity contribution in [2.75, 3.05) is 13.1 Å². The summed E-state index contributed by atoms with van der Waals surface area (Å²) in [7, 11) is -1.38. The molecule has 0 saturated carbocycles. The molecule has 0 aromatic heterocycles. The average Bonchev–Trinajstić information content (AvgIpc) is 2.17. The molecule has 5 heteroatoms. The molecular formula is C8H18NO2S2-. The standard InChI is InChI=1S/C8H18NO2S2/c1-4-7(10)13(11)8(12)9(5-2)6-3/h7,10,12H,4-6H2,1-3H3/q-1. The summed E-state index contributed by atoms with van der Waals surface area (Å²) >= 11 is 4.16. The molecule has 0 rings (SSSR count). The van der Waals surface area contributed by atoms with Crippen molar-refractivity contribution in [3.05, 3.63) is 0 Å². The first-order valence-corrected chi connectivity index (χ1v) is 6.13. The van der Waals surface area contributed by atoms with E-state index < -0.39 is 15.8 Å². The molecule has 1 atom stereocenters. The molecule has 0 aromatic carbocycles. The summed E-state index contributed by atoms with van der Waals surface area (Å²) < 4.78 is 12.0. The van der Waals surface area contributed by atoms with Gasteiger partial charge in [-0.3, -0.25) is 4.90 Å². The fourth-order valence-electron chi connectivity index (χ4n) is 0.894. The van der Waals surface area contributed by atoms with Crippen molar-refractivity contribution in [2.24, 2.45) is 0 Å². The monoisotopic (exact) mass is 224 g/mol. The van der Waals surface area contributed by atoms with Crippen molar-refractivity contribution < 1.29 is 9.32 Å². The van der Waals surface area contributed by atoms with Crippen LogP contribution in [0.25, 0.3) is 0 Å². The van der Waals surface area contributed by atoms with Crippen molar-refractivity contribution in [2.45, 2.75) is 32.6 Å². The molecule has 0 aromatic rings. The summed E-state index contributed by atoms with van der Waals surface area (Å²) in [6, 6.07) is 0. The third kappa shape index (κ3) is 3.89. The maximum Gasteiger partial charge on any atom is 0.00686 e. The van der Waals surface area contributed by atoms with Gasteiger partial charge in [0.2, 0.25) is 0 Å². The van der Waals surface area contributed by atoms with Gasteiger partial charge in [-0.25, -0.2) is 10.4 Å². The van der Waals surface area contributed by atoms with Crippen molar-refractivity contribution in [3.63, 3.8) is 0 Å². The highest BCUT2D eigenvalue weighted by Gasteiger charge is 2.00. The largest absolute Gasteiger partial charge is 0.457 e. The first-order chi connectivity index (χ1) is 6.08. The van der Waals surface area contributed by atoms with E-state index in [9.17, 15) is 9.32 Å². The smallest absolute Gasteiger partial charge is 0.00686 e. The Morgan fingerprint density at radius 1 is 1.46 bits per heavy atom. The van der Waals surface area contributed by atoms with Gasteiger partial charge in [0.05, 0.1) is 0 Å². The highest BCUT2D eigenvalue weighted by atomic mass is 32.2. The number of hydrogen-bond acceptors (Lipinski definition) is 3. The zero-order chi connectivity index (χ0) is 10.4. The second-order valence-electron chi connectivity index (χ2n) is 2.62. The van der Waals surface area contributed by atoms with Crippen molar-refractivity contribution in [3.8, 4) is 0 Å². The number of aliphatic hydroxyl groups is 1. The molecule has 0 spiro atoms. The van der Waals surface area contributed by atoms with E-state index in [0.29, 0.717) is 10.7 Å². The van der Waals surface area contributed by atoms with Gasteiger partial charge in [-0.1, -0.05) is 20.8 Å². The topological polar surface area (TPSA) is 40.5 Å². The van der Waals surface area contributed by atoms with E-state index in [2.05, 4.69) is 12.6 Å². The molecular weight excluding hydrogens is 206 g/mol. The zero-order valence-electron chi connectivity index (χ0n) is 8.36. The van der Waals surface area contributed by atoms with Crippen LogP contribution in [0.3, 0.4) is 0 Å². The molecule has 13 heavy (non-hydrogen) atoms. The molecule has 80 valence electrons. The summed E-state index contributed by atoms with van der Waals surface area (Å²) in [6.45, 7) is 7.26. The second kappa shape index (κ2) is 6.70. The van der Waals surface area contributed by atoms with E-state index in [0.717, 1.165) is 13.1 Å². The van der Waals surface area contributed by atoms with Gasteiger partial charge in [-0.15, -0.1) is 0 Å². The van der Waals surface area contributed by atoms with E-state index in [-0.39, 0.29) is 0 Å². The van der Waals surface area contributed by atoms with Crippen LogP contribution in [0.2, 0.25) is 0 Å². The number of nitrogens with zero attached hydrogens (tertiary/aromatic N) is 1. The maximum absolute atomic E-state index is 11.5. The van der Waals surface area contributed by atoms with Gasteiger partial charge < -0.3 is 9.32 Å². The molecule has 0 aliphatic heterocycles.